The maximum Gasteiger partial charge on any atom is 0.212 e. The number of fused-ring (bicyclic) bond motifs is 1. The highest BCUT2D eigenvalue weighted by atomic mass is 32.1. The molecule has 0 radical (unpaired) electrons. The minimum absolute atomic E-state index is 0.631. The molecule has 2 rings (SSSR count). The summed E-state index contributed by atoms with van der Waals surface area (Å²) in [5, 5.41) is 5.19. The molecule has 0 aromatic carbocycles. The van der Waals surface area contributed by atoms with E-state index in [1.807, 2.05) is 6.20 Å². The Morgan fingerprint density at radius 2 is 2.58 bits per heavy atom. The van der Waals surface area contributed by atoms with Gasteiger partial charge in [0.15, 0.2) is 0 Å². The molecule has 2 N–H and O–H groups in total. The van der Waals surface area contributed by atoms with Crippen molar-refractivity contribution in [2.45, 2.75) is 6.42 Å². The van der Waals surface area contributed by atoms with Crippen LogP contribution in [-0.2, 0) is 6.42 Å². The fraction of sp³-hybridized carbons (Fsp3) is 0.143. The minimum atomic E-state index is 0.631. The van der Waals surface area contributed by atoms with Crippen LogP contribution in [0.5, 0.6) is 0 Å². The van der Waals surface area contributed by atoms with Gasteiger partial charge in [-0.05, 0) is 0 Å². The standard InChI is InChI=1S/C7H8N4S/c1-5(8)4-6-10-11-3-2-9-7(11)12-6/h2-3H,1,4,8H2. The fourth-order valence-corrected chi connectivity index (χ4v) is 1.85. The molecule has 62 valence electrons. The smallest absolute Gasteiger partial charge is 0.212 e. The Morgan fingerprint density at radius 3 is 3.25 bits per heavy atom. The number of nitrogens with zero attached hydrogens (tertiary/aromatic N) is 3. The summed E-state index contributed by atoms with van der Waals surface area (Å²) in [4.78, 5) is 4.99. The van der Waals surface area contributed by atoms with Gasteiger partial charge in [-0.15, -0.1) is 0 Å². The lowest BCUT2D eigenvalue weighted by molar-refractivity contribution is 0.913. The number of nitrogens with two attached hydrogens (primary N) is 1. The molecule has 2 heterocycles. The second-order valence-corrected chi connectivity index (χ2v) is 3.53. The molecular weight excluding hydrogens is 172 g/mol. The number of allylic oxidation sites excluding steroid dienone is 1. The van der Waals surface area contributed by atoms with E-state index in [-0.39, 0.29) is 0 Å². The summed E-state index contributed by atoms with van der Waals surface area (Å²) in [6, 6.07) is 0. The van der Waals surface area contributed by atoms with Crippen molar-refractivity contribution in [1.29, 1.82) is 0 Å². The van der Waals surface area contributed by atoms with E-state index in [1.165, 1.54) is 11.3 Å². The van der Waals surface area contributed by atoms with Gasteiger partial charge in [0.1, 0.15) is 5.01 Å². The van der Waals surface area contributed by atoms with E-state index < -0.39 is 0 Å². The number of imidazole rings is 1. The highest BCUT2D eigenvalue weighted by Gasteiger charge is 2.03. The first-order valence-corrected chi connectivity index (χ1v) is 4.29. The maximum absolute atomic E-state index is 5.46. The molecule has 5 heteroatoms. The van der Waals surface area contributed by atoms with E-state index in [9.17, 15) is 0 Å². The summed E-state index contributed by atoms with van der Waals surface area (Å²) >= 11 is 1.53. The Balaban J connectivity index is 2.38. The van der Waals surface area contributed by atoms with Crippen LogP contribution in [0.25, 0.3) is 4.96 Å². The lowest BCUT2D eigenvalue weighted by atomic mass is 10.4. The lowest BCUT2D eigenvalue weighted by Gasteiger charge is -1.90. The van der Waals surface area contributed by atoms with E-state index in [2.05, 4.69) is 16.7 Å². The van der Waals surface area contributed by atoms with Gasteiger partial charge in [-0.2, -0.15) is 5.10 Å². The van der Waals surface area contributed by atoms with Crippen molar-refractivity contribution in [1.82, 2.24) is 14.6 Å². The maximum atomic E-state index is 5.46. The Morgan fingerprint density at radius 1 is 1.75 bits per heavy atom. The molecule has 0 aliphatic rings. The number of hydrogen-bond donors (Lipinski definition) is 1. The van der Waals surface area contributed by atoms with Crippen molar-refractivity contribution in [3.05, 3.63) is 29.7 Å². The van der Waals surface area contributed by atoms with Gasteiger partial charge in [0, 0.05) is 18.3 Å². The van der Waals surface area contributed by atoms with Gasteiger partial charge in [0.2, 0.25) is 4.96 Å². The molecule has 0 amide bonds. The Kier molecular flexibility index (Phi) is 1.58. The Hall–Kier alpha value is -1.36. The highest BCUT2D eigenvalue weighted by molar-refractivity contribution is 7.16. The second-order valence-electron chi connectivity index (χ2n) is 2.49. The molecule has 2 aromatic rings. The summed E-state index contributed by atoms with van der Waals surface area (Å²) in [7, 11) is 0. The predicted octanol–water partition coefficient (Wildman–Crippen LogP) is 0.806. The first-order valence-electron chi connectivity index (χ1n) is 3.48. The molecule has 0 saturated heterocycles. The van der Waals surface area contributed by atoms with Gasteiger partial charge < -0.3 is 5.73 Å². The summed E-state index contributed by atoms with van der Waals surface area (Å²) in [6.07, 6.45) is 4.17. The van der Waals surface area contributed by atoms with E-state index in [0.29, 0.717) is 12.1 Å². The van der Waals surface area contributed by atoms with Crippen LogP contribution < -0.4 is 5.73 Å². The van der Waals surface area contributed by atoms with Crippen molar-refractivity contribution >= 4 is 16.3 Å². The summed E-state index contributed by atoms with van der Waals surface area (Å²) < 4.78 is 1.74. The topological polar surface area (TPSA) is 56.2 Å². The van der Waals surface area contributed by atoms with Gasteiger partial charge >= 0.3 is 0 Å². The third-order valence-electron chi connectivity index (χ3n) is 1.40. The monoisotopic (exact) mass is 180 g/mol. The minimum Gasteiger partial charge on any atom is -0.402 e. The van der Waals surface area contributed by atoms with E-state index in [0.717, 1.165) is 9.97 Å². The Labute approximate surface area is 73.3 Å². The molecule has 12 heavy (non-hydrogen) atoms. The molecule has 0 aliphatic heterocycles. The third kappa shape index (κ3) is 1.18. The normalized spacial score (nSPS) is 10.7. The lowest BCUT2D eigenvalue weighted by Crippen LogP contribution is -1.98. The molecule has 0 bridgehead atoms. The van der Waals surface area contributed by atoms with Crippen LogP contribution in [0.15, 0.2) is 24.7 Å². The van der Waals surface area contributed by atoms with Gasteiger partial charge in [0.25, 0.3) is 0 Å². The van der Waals surface area contributed by atoms with Crippen molar-refractivity contribution < 1.29 is 0 Å². The van der Waals surface area contributed by atoms with Crippen LogP contribution >= 0.6 is 11.3 Å². The molecular formula is C7H8N4S. The largest absolute Gasteiger partial charge is 0.402 e. The summed E-state index contributed by atoms with van der Waals surface area (Å²) in [5.41, 5.74) is 6.09. The molecule has 4 nitrogen and oxygen atoms in total. The fourth-order valence-electron chi connectivity index (χ4n) is 0.944. The van der Waals surface area contributed by atoms with Crippen LogP contribution in [0.4, 0.5) is 0 Å². The van der Waals surface area contributed by atoms with Crippen molar-refractivity contribution in [3.63, 3.8) is 0 Å². The molecule has 0 unspecified atom stereocenters. The van der Waals surface area contributed by atoms with Gasteiger partial charge in [-0.25, -0.2) is 9.50 Å². The zero-order valence-corrected chi connectivity index (χ0v) is 7.21. The Bertz CT molecular complexity index is 385. The third-order valence-corrected chi connectivity index (χ3v) is 2.33. The number of rotatable bonds is 2. The van der Waals surface area contributed by atoms with Gasteiger partial charge in [-0.1, -0.05) is 17.9 Å². The van der Waals surface area contributed by atoms with Crippen LogP contribution in [-0.4, -0.2) is 14.6 Å². The zero-order chi connectivity index (χ0) is 8.55. The predicted molar refractivity (Wildman–Crippen MR) is 47.9 cm³/mol. The van der Waals surface area contributed by atoms with Crippen molar-refractivity contribution in [3.8, 4) is 0 Å². The van der Waals surface area contributed by atoms with Crippen LogP contribution in [0.1, 0.15) is 5.01 Å². The van der Waals surface area contributed by atoms with E-state index in [4.69, 9.17) is 5.73 Å². The molecule has 0 atom stereocenters. The molecule has 0 aliphatic carbocycles. The first kappa shape index (κ1) is 7.30. The van der Waals surface area contributed by atoms with E-state index in [1.54, 1.807) is 10.7 Å². The number of hydrogen-bond acceptors (Lipinski definition) is 4. The molecule has 0 spiro atoms. The quantitative estimate of drug-likeness (QED) is 0.744. The van der Waals surface area contributed by atoms with E-state index >= 15 is 0 Å². The first-order chi connectivity index (χ1) is 5.75. The molecule has 0 saturated carbocycles. The number of aromatic nitrogens is 3. The van der Waals surface area contributed by atoms with Crippen LogP contribution in [0.2, 0.25) is 0 Å². The van der Waals surface area contributed by atoms with Crippen molar-refractivity contribution in [2.24, 2.45) is 5.73 Å². The summed E-state index contributed by atoms with van der Waals surface area (Å²) in [6.45, 7) is 3.62. The van der Waals surface area contributed by atoms with Gasteiger partial charge in [-0.3, -0.25) is 0 Å². The second kappa shape index (κ2) is 2.60. The SMILES string of the molecule is C=C(N)Cc1nn2ccnc2s1. The zero-order valence-electron chi connectivity index (χ0n) is 6.40. The average molecular weight is 180 g/mol. The van der Waals surface area contributed by atoms with Crippen LogP contribution in [0, 0.1) is 0 Å². The highest BCUT2D eigenvalue weighted by Crippen LogP contribution is 2.13. The van der Waals surface area contributed by atoms with Crippen molar-refractivity contribution in [2.75, 3.05) is 0 Å². The average Bonchev–Trinajstić information content (AvgIpc) is 2.43. The molecule has 0 fully saturated rings. The van der Waals surface area contributed by atoms with Crippen LogP contribution in [0.3, 0.4) is 0 Å². The molecule has 2 aromatic heterocycles. The summed E-state index contributed by atoms with van der Waals surface area (Å²) in [5.74, 6) is 0. The van der Waals surface area contributed by atoms with Gasteiger partial charge in [0.05, 0.1) is 6.20 Å².